The van der Waals surface area contributed by atoms with Crippen LogP contribution in [0.5, 0.6) is 0 Å². The fraction of sp³-hybridized carbons (Fsp3) is 0.866. The van der Waals surface area contributed by atoms with E-state index in [9.17, 15) is 104 Å². The molecule has 4 rings (SSSR count). The van der Waals surface area contributed by atoms with Gasteiger partial charge in [-0.2, -0.15) is 0 Å². The topological polar surface area (TPSA) is 624 Å². The zero-order valence-corrected chi connectivity index (χ0v) is 73.5. The molecular weight excluding hydrogens is 1650 g/mol. The maximum absolute atomic E-state index is 14.1. The third-order valence-electron chi connectivity index (χ3n) is 20.9. The van der Waals surface area contributed by atoms with Gasteiger partial charge in [-0.15, -0.1) is 0 Å². The van der Waals surface area contributed by atoms with Crippen molar-refractivity contribution in [1.82, 2.24) is 58.5 Å². The van der Waals surface area contributed by atoms with Crippen LogP contribution in [0.2, 0.25) is 0 Å². The molecule has 0 saturated carbocycles. The quantitative estimate of drug-likeness (QED) is 0.0254. The number of aliphatic hydroxyl groups excluding tert-OH is 10. The van der Waals surface area contributed by atoms with E-state index < -0.39 is 141 Å². The minimum absolute atomic E-state index is 0.0224. The summed E-state index contributed by atoms with van der Waals surface area (Å²) in [5, 5.41) is 131. The molecule has 43 heteroatoms. The van der Waals surface area contributed by atoms with Crippen LogP contribution in [-0.2, 0) is 105 Å². The Hall–Kier alpha value is -6.67. The van der Waals surface area contributed by atoms with Crippen LogP contribution in [-0.4, -0.2) is 370 Å². The molecule has 125 heavy (non-hydrogen) atoms. The van der Waals surface area contributed by atoms with Gasteiger partial charge in [0, 0.05) is 144 Å². The smallest absolute Gasteiger partial charge is 0.222 e. The first-order valence-electron chi connectivity index (χ1n) is 44.3. The van der Waals surface area contributed by atoms with Crippen molar-refractivity contribution in [3.8, 4) is 0 Å². The van der Waals surface area contributed by atoms with Gasteiger partial charge in [0.2, 0.25) is 65.0 Å². The molecule has 0 aliphatic carbocycles. The minimum Gasteiger partial charge on any atom is -0.394 e. The highest BCUT2D eigenvalue weighted by Gasteiger charge is 2.48. The van der Waals surface area contributed by atoms with Crippen molar-refractivity contribution in [1.29, 1.82) is 0 Å². The van der Waals surface area contributed by atoms with Gasteiger partial charge in [-0.1, -0.05) is 38.5 Å². The Morgan fingerprint density at radius 1 is 0.336 bits per heavy atom. The summed E-state index contributed by atoms with van der Waals surface area (Å²) in [7, 11) is 0. The second-order valence-electron chi connectivity index (χ2n) is 32.2. The summed E-state index contributed by atoms with van der Waals surface area (Å²) < 4.78 is 64.0. The third kappa shape index (κ3) is 45.9. The third-order valence-corrected chi connectivity index (χ3v) is 20.9. The molecule has 4 aliphatic rings. The van der Waals surface area contributed by atoms with Gasteiger partial charge in [-0.25, -0.2) is 0 Å². The monoisotopic (exact) mass is 1800 g/mol. The molecule has 0 aromatic heterocycles. The highest BCUT2D eigenvalue weighted by atomic mass is 16.7. The van der Waals surface area contributed by atoms with Crippen LogP contribution in [0.3, 0.4) is 0 Å². The predicted octanol–water partition coefficient (Wildman–Crippen LogP) is -4.72. The largest absolute Gasteiger partial charge is 0.394 e. The molecule has 4 heterocycles. The molecule has 4 saturated heterocycles. The van der Waals surface area contributed by atoms with E-state index in [2.05, 4.69) is 58.5 Å². The van der Waals surface area contributed by atoms with Gasteiger partial charge >= 0.3 is 0 Å². The van der Waals surface area contributed by atoms with Gasteiger partial charge in [-0.3, -0.25) is 52.7 Å². The summed E-state index contributed by atoms with van der Waals surface area (Å²) in [5.41, 5.74) is -1.44. The van der Waals surface area contributed by atoms with Crippen LogP contribution in [0, 0.1) is 0 Å². The summed E-state index contributed by atoms with van der Waals surface area (Å²) in [6, 6.07) is -3.30. The van der Waals surface area contributed by atoms with E-state index in [4.69, 9.17) is 52.1 Å². The number of unbranched alkanes of at least 4 members (excludes halogenated alkanes) is 10. The standard InChI is InChI=1S/C82H147N11O32/c1-52(2)121-57-43-56(122-58(57)45-94)44-89-65(104)23-12-10-8-6-7-9-11-13-27-69(108)93-82(49-115-40-28-66(105)86-34-20-31-83-62(101)24-14-17-37-118-79-70(90-53(3)98)76(112)73(109)59(46-95)123-79,50-116-41-29-67(106)87-35-21-32-84-63(102)25-15-18-38-119-80-71(91-54(4)99)77(113)74(110)60(47-96)124-80)51-117-42-30-68(107)88-36-22-33-85-64(103)26-16-19-39-120-81-72(92-55(5)100)78(114)75(111)61(48-97)125-81/h52,56-61,70-81,94-97,109-114H,6-51H2,1-5H3,(H,83,101)(H,84,102)(H,85,103)(H,86,105)(H,87,106)(H,88,107)(H,89,104)(H,90,98)(H,91,99)(H,92,100)(H,93,108)/t56?,57?,58?,59-,60?,61?,70?,71?,72?,73?,74?,75?,76?,77?,78?,79?,80?,81?,82?/m1/s1. The molecule has 722 valence electrons. The molecule has 0 aromatic carbocycles. The molecule has 0 bridgehead atoms. The van der Waals surface area contributed by atoms with E-state index in [1.807, 2.05) is 13.8 Å². The van der Waals surface area contributed by atoms with E-state index >= 15 is 0 Å². The van der Waals surface area contributed by atoms with E-state index in [0.717, 1.165) is 38.5 Å². The first-order valence-corrected chi connectivity index (χ1v) is 44.3. The summed E-state index contributed by atoms with van der Waals surface area (Å²) >= 11 is 0. The Bertz CT molecular complexity index is 2860. The Labute approximate surface area is 731 Å². The lowest BCUT2D eigenvalue weighted by Crippen LogP contribution is -2.64. The average molecular weight is 1800 g/mol. The lowest BCUT2D eigenvalue weighted by atomic mass is 9.97. The first kappa shape index (κ1) is 111. The Morgan fingerprint density at radius 3 is 0.912 bits per heavy atom. The zero-order valence-electron chi connectivity index (χ0n) is 73.5. The molecule has 17 unspecified atom stereocenters. The van der Waals surface area contributed by atoms with E-state index in [-0.39, 0.29) is 216 Å². The van der Waals surface area contributed by atoms with Crippen LogP contribution < -0.4 is 58.5 Å². The number of aliphatic hydroxyl groups is 10. The fourth-order valence-corrected chi connectivity index (χ4v) is 14.2. The predicted molar refractivity (Wildman–Crippen MR) is 444 cm³/mol. The van der Waals surface area contributed by atoms with Crippen molar-refractivity contribution in [2.45, 2.75) is 323 Å². The molecule has 0 aromatic rings. The fourth-order valence-electron chi connectivity index (χ4n) is 14.2. The summed E-state index contributed by atoms with van der Waals surface area (Å²) in [4.78, 5) is 140. The van der Waals surface area contributed by atoms with Crippen molar-refractivity contribution < 1.29 is 156 Å². The van der Waals surface area contributed by atoms with E-state index in [0.29, 0.717) is 90.0 Å². The first-order chi connectivity index (χ1) is 59.9. The highest BCUT2D eigenvalue weighted by Crippen LogP contribution is 2.28. The second kappa shape index (κ2) is 64.1. The molecule has 0 spiro atoms. The summed E-state index contributed by atoms with van der Waals surface area (Å²) in [5.74, 6) is -3.83. The SMILES string of the molecule is CC(=O)NC1C(OCCCCC(=O)NCCCNC(=O)CCOCC(COCCC(=O)NCCCNC(=O)CCCCOC2OC(CO)C(O)C(O)C2NC(C)=O)(COCCC(=O)NCCCNC(=O)CCCCOC2O[C@H](CO)C(O)C(O)C2NC(C)=O)NC(=O)CCCCCCCCCCC(=O)NCC2CC(OC(C)C)C(CO)O2)OC(CO)C(O)C1O. The van der Waals surface area contributed by atoms with Crippen molar-refractivity contribution >= 4 is 65.0 Å². The van der Waals surface area contributed by atoms with Crippen LogP contribution >= 0.6 is 0 Å². The molecule has 43 nitrogen and oxygen atoms in total. The van der Waals surface area contributed by atoms with Crippen molar-refractivity contribution in [2.75, 3.05) is 132 Å². The van der Waals surface area contributed by atoms with Crippen LogP contribution in [0.1, 0.15) is 202 Å². The van der Waals surface area contributed by atoms with Gasteiger partial charge in [0.25, 0.3) is 0 Å². The normalized spacial score (nSPS) is 25.3. The number of hydrogen-bond acceptors (Lipinski definition) is 32. The number of amides is 11. The van der Waals surface area contributed by atoms with Crippen LogP contribution in [0.25, 0.3) is 0 Å². The molecule has 11 amide bonds. The summed E-state index contributed by atoms with van der Waals surface area (Å²) in [6.45, 7) is 6.27. The van der Waals surface area contributed by atoms with E-state index in [1.54, 1.807) is 0 Å². The highest BCUT2D eigenvalue weighted by molar-refractivity contribution is 5.79. The van der Waals surface area contributed by atoms with Crippen molar-refractivity contribution in [3.63, 3.8) is 0 Å². The average Bonchev–Trinajstić information content (AvgIpc) is 1.65. The van der Waals surface area contributed by atoms with Gasteiger partial charge < -0.3 is 162 Å². The number of nitrogens with one attached hydrogen (secondary N) is 11. The van der Waals surface area contributed by atoms with Crippen LogP contribution in [0.15, 0.2) is 0 Å². The Balaban J connectivity index is 1.30. The second-order valence-corrected chi connectivity index (χ2v) is 32.2. The lowest BCUT2D eigenvalue weighted by Gasteiger charge is -2.42. The number of carbonyl (C=O) groups is 11. The number of ether oxygens (including phenoxy) is 11. The van der Waals surface area contributed by atoms with Crippen LogP contribution in [0.4, 0.5) is 0 Å². The Kier molecular flexibility index (Phi) is 56.8. The molecule has 4 fully saturated rings. The maximum atomic E-state index is 14.1. The number of hydrogen-bond donors (Lipinski definition) is 21. The molecule has 0 radical (unpaired) electrons. The number of rotatable bonds is 68. The van der Waals surface area contributed by atoms with Crippen molar-refractivity contribution in [2.24, 2.45) is 0 Å². The van der Waals surface area contributed by atoms with Gasteiger partial charge in [0.15, 0.2) is 18.9 Å². The van der Waals surface area contributed by atoms with Crippen molar-refractivity contribution in [3.05, 3.63) is 0 Å². The Morgan fingerprint density at radius 2 is 0.616 bits per heavy atom. The summed E-state index contributed by atoms with van der Waals surface area (Å²) in [6.07, 6.45) is -5.61. The molecule has 18 atom stereocenters. The van der Waals surface area contributed by atoms with Gasteiger partial charge in [0.05, 0.1) is 84.4 Å². The zero-order chi connectivity index (χ0) is 91.9. The maximum Gasteiger partial charge on any atom is 0.222 e. The molecule has 4 aliphatic heterocycles. The minimum atomic E-state index is -1.47. The van der Waals surface area contributed by atoms with Gasteiger partial charge in [0.1, 0.15) is 84.7 Å². The van der Waals surface area contributed by atoms with Gasteiger partial charge in [-0.05, 0) is 84.5 Å². The number of carbonyl (C=O) groups excluding carboxylic acids is 11. The van der Waals surface area contributed by atoms with E-state index in [1.165, 1.54) is 20.8 Å². The lowest BCUT2D eigenvalue weighted by molar-refractivity contribution is -0.270. The molecular formula is C82H147N11O32. The molecule has 21 N–H and O–H groups in total.